The van der Waals surface area contributed by atoms with E-state index in [0.29, 0.717) is 0 Å². The molecule has 0 bridgehead atoms. The van der Waals surface area contributed by atoms with Gasteiger partial charge in [-0.25, -0.2) is 0 Å². The first-order valence-electron chi connectivity index (χ1n) is 7.72. The van der Waals surface area contributed by atoms with Gasteiger partial charge in [-0.1, -0.05) is 0 Å². The van der Waals surface area contributed by atoms with E-state index in [2.05, 4.69) is 91.0 Å². The quantitative estimate of drug-likeness (QED) is 0.733. The number of benzene rings is 3. The van der Waals surface area contributed by atoms with Crippen LogP contribution in [0.1, 0.15) is 6.92 Å². The van der Waals surface area contributed by atoms with Crippen molar-refractivity contribution >= 4 is 18.4 Å². The topological polar surface area (TPSA) is 37.3 Å². The minimum atomic E-state index is -2.12. The molecule has 3 rings (SSSR count). The molecule has 0 spiro atoms. The van der Waals surface area contributed by atoms with Crippen LogP contribution in [0.15, 0.2) is 91.0 Å². The van der Waals surface area contributed by atoms with E-state index < -0.39 is 21.9 Å². The molecule has 0 fully saturated rings. The summed E-state index contributed by atoms with van der Waals surface area (Å²) in [5.74, 6) is -0.833. The van der Waals surface area contributed by atoms with Gasteiger partial charge in [-0.15, -0.1) is 0 Å². The van der Waals surface area contributed by atoms with Gasteiger partial charge in [0.05, 0.1) is 0 Å². The van der Waals surface area contributed by atoms with Crippen molar-refractivity contribution in [3.8, 4) is 0 Å². The standard InChI is InChI=1S/3C6H5.C2H4O2.Zn/c3*1-2-4-6-5-3-1;1-2(3)4;/h3*1-5H;1H3,(H,3,4);. The van der Waals surface area contributed by atoms with Gasteiger partial charge in [0, 0.05) is 6.92 Å². The summed E-state index contributed by atoms with van der Waals surface area (Å²) in [7, 11) is 0. The van der Waals surface area contributed by atoms with Gasteiger partial charge in [0.1, 0.15) is 0 Å². The number of rotatable bonds is 3. The fraction of sp³-hybridized carbons (Fsp3) is 0.0500. The third-order valence-corrected chi connectivity index (χ3v) is 11.9. The average molecular weight is 357 g/mol. The maximum absolute atomic E-state index is 9.00. The Labute approximate surface area is 142 Å². The third kappa shape index (κ3) is 5.46. The Bertz CT molecular complexity index is 614. The first-order chi connectivity index (χ1) is 11.2. The van der Waals surface area contributed by atoms with Crippen molar-refractivity contribution < 1.29 is 25.9 Å². The summed E-state index contributed by atoms with van der Waals surface area (Å²) in [5.41, 5.74) is 0. The molecule has 3 aromatic carbocycles. The predicted molar refractivity (Wildman–Crippen MR) is 91.5 cm³/mol. The van der Waals surface area contributed by atoms with E-state index in [1.165, 1.54) is 0 Å². The van der Waals surface area contributed by atoms with Gasteiger partial charge >= 0.3 is 119 Å². The molecule has 0 aliphatic carbocycles. The number of carboxylic acid groups (broad SMARTS) is 1. The maximum atomic E-state index is 9.00. The average Bonchev–Trinajstić information content (AvgIpc) is 2.58. The molecule has 0 saturated carbocycles. The molecule has 0 aromatic heterocycles. The zero-order valence-electron chi connectivity index (χ0n) is 13.2. The van der Waals surface area contributed by atoms with Crippen molar-refractivity contribution in [2.45, 2.75) is 6.92 Å². The SMILES string of the molecule is CC(=O)O.c1cc[c]([Zn]([c]2ccccc2)[c]2ccccc2)cc1. The molecule has 23 heavy (non-hydrogen) atoms. The van der Waals surface area contributed by atoms with E-state index in [0.717, 1.165) is 6.92 Å². The van der Waals surface area contributed by atoms with Crippen LogP contribution in [0.25, 0.3) is 0 Å². The van der Waals surface area contributed by atoms with Crippen molar-refractivity contribution in [2.75, 3.05) is 0 Å². The molecule has 3 aromatic rings. The Balaban J connectivity index is 0.000000433. The Morgan fingerprint density at radius 1 is 0.652 bits per heavy atom. The van der Waals surface area contributed by atoms with E-state index in [1.807, 2.05) is 0 Å². The number of aliphatic carboxylic acids is 1. The Morgan fingerprint density at radius 2 is 0.870 bits per heavy atom. The summed E-state index contributed by atoms with van der Waals surface area (Å²) in [5, 5.41) is 7.42. The van der Waals surface area contributed by atoms with Crippen molar-refractivity contribution in [3.05, 3.63) is 91.0 Å². The molecule has 0 heterocycles. The fourth-order valence-electron chi connectivity index (χ4n) is 2.85. The molecule has 1 N–H and O–H groups in total. The van der Waals surface area contributed by atoms with Gasteiger partial charge in [-0.2, -0.15) is 0 Å². The van der Waals surface area contributed by atoms with Crippen LogP contribution in [0.5, 0.6) is 0 Å². The molecule has 3 heteroatoms. The molecule has 113 valence electrons. The number of carboxylic acids is 1. The summed E-state index contributed by atoms with van der Waals surface area (Å²) < 4.78 is 4.62. The van der Waals surface area contributed by atoms with E-state index in [-0.39, 0.29) is 0 Å². The van der Waals surface area contributed by atoms with Crippen molar-refractivity contribution in [2.24, 2.45) is 0 Å². The Morgan fingerprint density at radius 3 is 1.09 bits per heavy atom. The zero-order valence-corrected chi connectivity index (χ0v) is 16.2. The second-order valence-electron chi connectivity index (χ2n) is 5.51. The molecule has 0 radical (unpaired) electrons. The van der Waals surface area contributed by atoms with Crippen molar-refractivity contribution in [1.82, 2.24) is 0 Å². The Hall–Kier alpha value is -2.25. The van der Waals surface area contributed by atoms with Gasteiger partial charge in [-0.05, 0) is 0 Å². The van der Waals surface area contributed by atoms with E-state index in [1.54, 1.807) is 12.5 Å². The summed E-state index contributed by atoms with van der Waals surface area (Å²) in [4.78, 5) is 9.00. The molecule has 0 aliphatic heterocycles. The van der Waals surface area contributed by atoms with Crippen LogP contribution in [0.3, 0.4) is 0 Å². The third-order valence-electron chi connectivity index (χ3n) is 3.75. The van der Waals surface area contributed by atoms with Gasteiger partial charge in [0.15, 0.2) is 0 Å². The van der Waals surface area contributed by atoms with Crippen LogP contribution in [-0.4, -0.2) is 11.1 Å². The van der Waals surface area contributed by atoms with Gasteiger partial charge in [0.25, 0.3) is 5.97 Å². The number of hydrogen-bond donors (Lipinski definition) is 1. The first-order valence-corrected chi connectivity index (χ1v) is 12.2. The van der Waals surface area contributed by atoms with Crippen LogP contribution in [-0.2, 0) is 20.7 Å². The Kier molecular flexibility index (Phi) is 6.71. The van der Waals surface area contributed by atoms with Gasteiger partial charge < -0.3 is 5.11 Å². The van der Waals surface area contributed by atoms with Crippen LogP contribution in [0.4, 0.5) is 0 Å². The second kappa shape index (κ2) is 9.02. The van der Waals surface area contributed by atoms with Crippen LogP contribution >= 0.6 is 0 Å². The first kappa shape index (κ1) is 17.1. The molecule has 2 nitrogen and oxygen atoms in total. The number of hydrogen-bond acceptors (Lipinski definition) is 1. The molecule has 0 aliphatic rings. The van der Waals surface area contributed by atoms with Crippen molar-refractivity contribution in [1.29, 1.82) is 0 Å². The summed E-state index contributed by atoms with van der Waals surface area (Å²) >= 11 is -2.12. The van der Waals surface area contributed by atoms with Crippen molar-refractivity contribution in [3.63, 3.8) is 0 Å². The number of carbonyl (C=O) groups is 1. The van der Waals surface area contributed by atoms with E-state index in [4.69, 9.17) is 9.90 Å². The summed E-state index contributed by atoms with van der Waals surface area (Å²) in [6.45, 7) is 1.08. The van der Waals surface area contributed by atoms with Crippen LogP contribution < -0.4 is 12.5 Å². The van der Waals surface area contributed by atoms with Crippen LogP contribution in [0, 0.1) is 0 Å². The zero-order chi connectivity index (χ0) is 16.5. The molecule has 0 atom stereocenters. The minimum absolute atomic E-state index is 0.833. The predicted octanol–water partition coefficient (Wildman–Crippen LogP) is 2.67. The monoisotopic (exact) mass is 355 g/mol. The summed E-state index contributed by atoms with van der Waals surface area (Å²) in [6.07, 6.45) is 0. The molecular formula is C20H19O2Zn. The van der Waals surface area contributed by atoms with Gasteiger partial charge in [-0.3, -0.25) is 4.79 Å². The molecule has 0 amide bonds. The molecular weight excluding hydrogens is 338 g/mol. The van der Waals surface area contributed by atoms with E-state index >= 15 is 0 Å². The second-order valence-corrected chi connectivity index (χ2v) is 12.9. The fourth-order valence-corrected chi connectivity index (χ4v) is 10.5. The normalized spacial score (nSPS) is 9.43. The molecule has 0 saturated heterocycles. The van der Waals surface area contributed by atoms with Gasteiger partial charge in [0.2, 0.25) is 0 Å². The van der Waals surface area contributed by atoms with Crippen LogP contribution in [0.2, 0.25) is 0 Å². The van der Waals surface area contributed by atoms with E-state index in [9.17, 15) is 0 Å². The molecule has 0 unspecified atom stereocenters. The summed E-state index contributed by atoms with van der Waals surface area (Å²) in [6, 6.07) is 33.0.